The normalized spacial score (nSPS) is 11.6. The number of nitrogens with one attached hydrogen (secondary N) is 1. The number of para-hydroxylation sites is 2. The van der Waals surface area contributed by atoms with Crippen molar-refractivity contribution < 1.29 is 14.3 Å². The van der Waals surface area contributed by atoms with E-state index in [1.54, 1.807) is 24.9 Å². The van der Waals surface area contributed by atoms with Crippen LogP contribution in [0.3, 0.4) is 0 Å². The van der Waals surface area contributed by atoms with Gasteiger partial charge >= 0.3 is 0 Å². The Kier molecular flexibility index (Phi) is 6.35. The number of thioether (sulfide) groups is 1. The first-order valence-electron chi connectivity index (χ1n) is 7.42. The highest BCUT2D eigenvalue weighted by Crippen LogP contribution is 2.27. The molecule has 1 unspecified atom stereocenters. The summed E-state index contributed by atoms with van der Waals surface area (Å²) in [7, 11) is 1.58. The lowest BCUT2D eigenvalue weighted by Crippen LogP contribution is -2.32. The average Bonchev–Trinajstić information content (AvgIpc) is 2.60. The standard InChI is InChI=1S/C18H21NO3S/c1-4-15(22-17-11-6-5-10-16(17)21-2)18(20)19-13-8-7-9-14(12-13)23-3/h5-12,15H,4H2,1-3H3,(H,19,20). The van der Waals surface area contributed by atoms with Crippen molar-refractivity contribution >= 4 is 23.4 Å². The summed E-state index contributed by atoms with van der Waals surface area (Å²) in [5.41, 5.74) is 0.768. The van der Waals surface area contributed by atoms with Gasteiger partial charge in [-0.2, -0.15) is 0 Å². The predicted octanol–water partition coefficient (Wildman–Crippen LogP) is 4.21. The van der Waals surface area contributed by atoms with Gasteiger partial charge in [0, 0.05) is 10.6 Å². The molecule has 0 aliphatic carbocycles. The number of benzene rings is 2. The largest absolute Gasteiger partial charge is 0.493 e. The fourth-order valence-electron chi connectivity index (χ4n) is 2.12. The molecular formula is C18H21NO3S. The molecule has 5 heteroatoms. The summed E-state index contributed by atoms with van der Waals surface area (Å²) in [5.74, 6) is 1.01. The summed E-state index contributed by atoms with van der Waals surface area (Å²) in [6.07, 6.45) is 1.98. The van der Waals surface area contributed by atoms with Gasteiger partial charge in [0.2, 0.25) is 0 Å². The van der Waals surface area contributed by atoms with Crippen LogP contribution in [0.15, 0.2) is 53.4 Å². The molecule has 4 nitrogen and oxygen atoms in total. The van der Waals surface area contributed by atoms with Gasteiger partial charge in [0.05, 0.1) is 7.11 Å². The number of anilines is 1. The zero-order valence-corrected chi connectivity index (χ0v) is 14.4. The molecule has 1 atom stereocenters. The highest BCUT2D eigenvalue weighted by atomic mass is 32.2. The van der Waals surface area contributed by atoms with Gasteiger partial charge < -0.3 is 14.8 Å². The summed E-state index contributed by atoms with van der Waals surface area (Å²) in [6, 6.07) is 15.0. The number of methoxy groups -OCH3 is 1. The number of carbonyl (C=O) groups excluding carboxylic acids is 1. The third-order valence-electron chi connectivity index (χ3n) is 3.34. The van der Waals surface area contributed by atoms with E-state index >= 15 is 0 Å². The fraction of sp³-hybridized carbons (Fsp3) is 0.278. The van der Waals surface area contributed by atoms with Crippen molar-refractivity contribution in [3.05, 3.63) is 48.5 Å². The van der Waals surface area contributed by atoms with E-state index in [9.17, 15) is 4.79 Å². The van der Waals surface area contributed by atoms with Gasteiger partial charge in [-0.25, -0.2) is 0 Å². The van der Waals surface area contributed by atoms with E-state index in [-0.39, 0.29) is 5.91 Å². The van der Waals surface area contributed by atoms with Crippen LogP contribution in [0.2, 0.25) is 0 Å². The minimum atomic E-state index is -0.579. The number of carbonyl (C=O) groups is 1. The number of ether oxygens (including phenoxy) is 2. The maximum atomic E-state index is 12.5. The van der Waals surface area contributed by atoms with E-state index in [1.165, 1.54) is 0 Å². The average molecular weight is 331 g/mol. The van der Waals surface area contributed by atoms with Crippen molar-refractivity contribution in [3.8, 4) is 11.5 Å². The summed E-state index contributed by atoms with van der Waals surface area (Å²) in [5, 5.41) is 2.91. The van der Waals surface area contributed by atoms with Gasteiger partial charge in [-0.3, -0.25) is 4.79 Å². The molecule has 23 heavy (non-hydrogen) atoms. The molecule has 0 aromatic heterocycles. The van der Waals surface area contributed by atoms with Crippen LogP contribution in [-0.4, -0.2) is 25.4 Å². The van der Waals surface area contributed by atoms with E-state index in [4.69, 9.17) is 9.47 Å². The quantitative estimate of drug-likeness (QED) is 0.772. The molecule has 122 valence electrons. The molecule has 0 saturated heterocycles. The predicted molar refractivity (Wildman–Crippen MR) is 94.6 cm³/mol. The van der Waals surface area contributed by atoms with Crippen LogP contribution in [0.4, 0.5) is 5.69 Å². The Morgan fingerprint density at radius 3 is 2.57 bits per heavy atom. The second kappa shape index (κ2) is 8.48. The third kappa shape index (κ3) is 4.66. The first-order chi connectivity index (χ1) is 11.2. The van der Waals surface area contributed by atoms with E-state index < -0.39 is 6.10 Å². The van der Waals surface area contributed by atoms with Crippen LogP contribution in [0.1, 0.15) is 13.3 Å². The van der Waals surface area contributed by atoms with Crippen LogP contribution < -0.4 is 14.8 Å². The molecule has 1 amide bonds. The first kappa shape index (κ1) is 17.2. The molecule has 2 rings (SSSR count). The second-order valence-electron chi connectivity index (χ2n) is 4.89. The Bertz CT molecular complexity index is 660. The molecular weight excluding hydrogens is 310 g/mol. The van der Waals surface area contributed by atoms with Crippen molar-refractivity contribution in [2.45, 2.75) is 24.3 Å². The zero-order valence-electron chi connectivity index (χ0n) is 13.5. The van der Waals surface area contributed by atoms with Gasteiger partial charge in [0.15, 0.2) is 17.6 Å². The minimum Gasteiger partial charge on any atom is -0.493 e. The molecule has 1 N–H and O–H groups in total. The van der Waals surface area contributed by atoms with Crippen molar-refractivity contribution in [3.63, 3.8) is 0 Å². The Balaban J connectivity index is 2.09. The van der Waals surface area contributed by atoms with E-state index in [2.05, 4.69) is 5.32 Å². The number of rotatable bonds is 7. The Morgan fingerprint density at radius 2 is 1.91 bits per heavy atom. The smallest absolute Gasteiger partial charge is 0.265 e. The lowest BCUT2D eigenvalue weighted by molar-refractivity contribution is -0.122. The number of hydrogen-bond acceptors (Lipinski definition) is 4. The molecule has 0 saturated carbocycles. The molecule has 2 aromatic rings. The van der Waals surface area contributed by atoms with E-state index in [0.29, 0.717) is 17.9 Å². The van der Waals surface area contributed by atoms with Gasteiger partial charge in [-0.05, 0) is 43.0 Å². The maximum Gasteiger partial charge on any atom is 0.265 e. The lowest BCUT2D eigenvalue weighted by atomic mass is 10.2. The molecule has 0 spiro atoms. The van der Waals surface area contributed by atoms with Crippen LogP contribution >= 0.6 is 11.8 Å². The molecule has 0 bridgehead atoms. The monoisotopic (exact) mass is 331 g/mol. The lowest BCUT2D eigenvalue weighted by Gasteiger charge is -2.19. The SMILES string of the molecule is CCC(Oc1ccccc1OC)C(=O)Nc1cccc(SC)c1. The van der Waals surface area contributed by atoms with Gasteiger partial charge in [-0.1, -0.05) is 25.1 Å². The molecule has 2 aromatic carbocycles. The summed E-state index contributed by atoms with van der Waals surface area (Å²) in [4.78, 5) is 13.6. The topological polar surface area (TPSA) is 47.6 Å². The Hall–Kier alpha value is -2.14. The Labute approximate surface area is 141 Å². The van der Waals surface area contributed by atoms with Gasteiger partial charge in [-0.15, -0.1) is 11.8 Å². The van der Waals surface area contributed by atoms with Crippen molar-refractivity contribution in [2.24, 2.45) is 0 Å². The summed E-state index contributed by atoms with van der Waals surface area (Å²) < 4.78 is 11.1. The highest BCUT2D eigenvalue weighted by Gasteiger charge is 2.20. The molecule has 0 radical (unpaired) electrons. The third-order valence-corrected chi connectivity index (χ3v) is 4.06. The number of hydrogen-bond donors (Lipinski definition) is 1. The fourth-order valence-corrected chi connectivity index (χ4v) is 2.57. The van der Waals surface area contributed by atoms with Crippen LogP contribution in [-0.2, 0) is 4.79 Å². The van der Waals surface area contributed by atoms with Gasteiger partial charge in [0.25, 0.3) is 5.91 Å². The van der Waals surface area contributed by atoms with E-state index in [0.717, 1.165) is 10.6 Å². The second-order valence-corrected chi connectivity index (χ2v) is 5.77. The van der Waals surface area contributed by atoms with Crippen LogP contribution in [0.5, 0.6) is 11.5 Å². The molecule has 0 heterocycles. The van der Waals surface area contributed by atoms with Crippen molar-refractivity contribution in [2.75, 3.05) is 18.7 Å². The number of amides is 1. The maximum absolute atomic E-state index is 12.5. The van der Waals surface area contributed by atoms with Gasteiger partial charge in [0.1, 0.15) is 0 Å². The van der Waals surface area contributed by atoms with Crippen molar-refractivity contribution in [1.82, 2.24) is 0 Å². The summed E-state index contributed by atoms with van der Waals surface area (Å²) >= 11 is 1.63. The van der Waals surface area contributed by atoms with E-state index in [1.807, 2.05) is 55.6 Å². The minimum absolute atomic E-state index is 0.170. The van der Waals surface area contributed by atoms with Crippen LogP contribution in [0, 0.1) is 0 Å². The van der Waals surface area contributed by atoms with Crippen LogP contribution in [0.25, 0.3) is 0 Å². The molecule has 0 aliphatic rings. The molecule has 0 fully saturated rings. The molecule has 0 aliphatic heterocycles. The summed E-state index contributed by atoms with van der Waals surface area (Å²) in [6.45, 7) is 1.91. The first-order valence-corrected chi connectivity index (χ1v) is 8.65. The zero-order chi connectivity index (χ0) is 16.7. The highest BCUT2D eigenvalue weighted by molar-refractivity contribution is 7.98. The Morgan fingerprint density at radius 1 is 1.17 bits per heavy atom. The van der Waals surface area contributed by atoms with Crippen molar-refractivity contribution in [1.29, 1.82) is 0 Å².